The molecule has 0 radical (unpaired) electrons. The van der Waals surface area contributed by atoms with Crippen LogP contribution in [0, 0.1) is 11.8 Å². The van der Waals surface area contributed by atoms with Gasteiger partial charge in [-0.1, -0.05) is 12.1 Å². The lowest BCUT2D eigenvalue weighted by Gasteiger charge is -2.07. The van der Waals surface area contributed by atoms with Gasteiger partial charge in [0.05, 0.1) is 5.71 Å². The highest BCUT2D eigenvalue weighted by Gasteiger charge is 2.30. The summed E-state index contributed by atoms with van der Waals surface area (Å²) in [4.78, 5) is 23.3. The number of amides is 2. The third kappa shape index (κ3) is 3.68. The summed E-state index contributed by atoms with van der Waals surface area (Å²) >= 11 is 0. The number of benzene rings is 1. The van der Waals surface area contributed by atoms with E-state index in [9.17, 15) is 9.59 Å². The molecule has 2 aliphatic carbocycles. The van der Waals surface area contributed by atoms with Crippen molar-refractivity contribution in [2.45, 2.75) is 32.6 Å². The number of rotatable bonds is 5. The average molecular weight is 285 g/mol. The molecule has 0 aliphatic heterocycles. The molecule has 0 spiro atoms. The average Bonchev–Trinajstić information content (AvgIpc) is 3.36. The first-order chi connectivity index (χ1) is 10.1. The molecule has 1 aromatic rings. The van der Waals surface area contributed by atoms with E-state index in [0.717, 1.165) is 42.6 Å². The van der Waals surface area contributed by atoms with E-state index in [4.69, 9.17) is 0 Å². The number of carbonyl (C=O) groups excluding carboxylic acids is 2. The Morgan fingerprint density at radius 3 is 2.43 bits per heavy atom. The van der Waals surface area contributed by atoms with Crippen molar-refractivity contribution in [2.75, 3.05) is 5.32 Å². The second-order valence-corrected chi connectivity index (χ2v) is 5.79. The van der Waals surface area contributed by atoms with Crippen LogP contribution in [-0.2, 0) is 9.59 Å². The maximum Gasteiger partial charge on any atom is 0.243 e. The predicted octanol–water partition coefficient (Wildman–Crippen LogP) is 2.29. The van der Waals surface area contributed by atoms with E-state index in [1.54, 1.807) is 0 Å². The highest BCUT2D eigenvalue weighted by molar-refractivity contribution is 6.01. The fourth-order valence-corrected chi connectivity index (χ4v) is 2.05. The molecule has 2 fully saturated rings. The number of nitrogens with zero attached hydrogens (tertiary/aromatic N) is 1. The van der Waals surface area contributed by atoms with Crippen molar-refractivity contribution in [1.82, 2.24) is 5.43 Å². The van der Waals surface area contributed by atoms with Crippen LogP contribution in [0.15, 0.2) is 29.4 Å². The van der Waals surface area contributed by atoms with Crippen LogP contribution < -0.4 is 10.7 Å². The molecule has 2 saturated carbocycles. The monoisotopic (exact) mass is 285 g/mol. The van der Waals surface area contributed by atoms with Gasteiger partial charge in [0.1, 0.15) is 0 Å². The quantitative estimate of drug-likeness (QED) is 0.643. The van der Waals surface area contributed by atoms with Gasteiger partial charge in [0.15, 0.2) is 0 Å². The zero-order valence-electron chi connectivity index (χ0n) is 12.1. The summed E-state index contributed by atoms with van der Waals surface area (Å²) in [6, 6.07) is 7.52. The lowest BCUT2D eigenvalue weighted by Crippen LogP contribution is -2.20. The van der Waals surface area contributed by atoms with Crippen molar-refractivity contribution < 1.29 is 9.59 Å². The SMILES string of the molecule is CC(=NNC(=O)C1CC1)c1cccc(NC(=O)C2CC2)c1. The summed E-state index contributed by atoms with van der Waals surface area (Å²) < 4.78 is 0. The van der Waals surface area contributed by atoms with Gasteiger partial charge in [-0.25, -0.2) is 5.43 Å². The maximum atomic E-state index is 11.8. The highest BCUT2D eigenvalue weighted by Crippen LogP contribution is 2.30. The summed E-state index contributed by atoms with van der Waals surface area (Å²) in [6.45, 7) is 1.84. The molecule has 5 nitrogen and oxygen atoms in total. The topological polar surface area (TPSA) is 70.6 Å². The van der Waals surface area contributed by atoms with Crippen LogP contribution in [0.2, 0.25) is 0 Å². The van der Waals surface area contributed by atoms with Crippen molar-refractivity contribution in [2.24, 2.45) is 16.9 Å². The molecule has 110 valence electrons. The minimum atomic E-state index is -0.00691. The third-order valence-corrected chi connectivity index (χ3v) is 3.78. The fourth-order valence-electron chi connectivity index (χ4n) is 2.05. The summed E-state index contributed by atoms with van der Waals surface area (Å²) in [7, 11) is 0. The molecule has 0 aromatic heterocycles. The largest absolute Gasteiger partial charge is 0.326 e. The minimum Gasteiger partial charge on any atom is -0.326 e. The zero-order chi connectivity index (χ0) is 14.8. The summed E-state index contributed by atoms with van der Waals surface area (Å²) in [5.74, 6) is 0.406. The Bertz CT molecular complexity index is 601. The molecule has 0 saturated heterocycles. The van der Waals surface area contributed by atoms with Gasteiger partial charge in [0.25, 0.3) is 0 Å². The lowest BCUT2D eigenvalue weighted by molar-refractivity contribution is -0.122. The molecule has 21 heavy (non-hydrogen) atoms. The van der Waals surface area contributed by atoms with Gasteiger partial charge in [-0.2, -0.15) is 5.10 Å². The van der Waals surface area contributed by atoms with Gasteiger partial charge in [-0.05, 0) is 50.3 Å². The maximum absolute atomic E-state index is 11.8. The Morgan fingerprint density at radius 2 is 1.76 bits per heavy atom. The van der Waals surface area contributed by atoms with Crippen molar-refractivity contribution in [3.63, 3.8) is 0 Å². The molecule has 2 N–H and O–H groups in total. The van der Waals surface area contributed by atoms with Gasteiger partial charge < -0.3 is 5.32 Å². The first-order valence-corrected chi connectivity index (χ1v) is 7.39. The minimum absolute atomic E-state index is 0.00691. The molecule has 0 bridgehead atoms. The van der Waals surface area contributed by atoms with Crippen LogP contribution in [0.4, 0.5) is 5.69 Å². The van der Waals surface area contributed by atoms with Gasteiger partial charge in [0, 0.05) is 17.5 Å². The molecule has 3 rings (SSSR count). The lowest BCUT2D eigenvalue weighted by atomic mass is 10.1. The van der Waals surface area contributed by atoms with Gasteiger partial charge in [-0.3, -0.25) is 9.59 Å². The normalized spacial score (nSPS) is 18.2. The summed E-state index contributed by atoms with van der Waals surface area (Å²) in [5.41, 5.74) is 4.98. The van der Waals surface area contributed by atoms with Gasteiger partial charge >= 0.3 is 0 Å². The van der Waals surface area contributed by atoms with Crippen LogP contribution in [-0.4, -0.2) is 17.5 Å². The summed E-state index contributed by atoms with van der Waals surface area (Å²) in [5, 5.41) is 7.04. The molecule has 0 unspecified atom stereocenters. The van der Waals surface area contributed by atoms with Crippen LogP contribution in [0.1, 0.15) is 38.2 Å². The number of hydrazone groups is 1. The van der Waals surface area contributed by atoms with Crippen LogP contribution >= 0.6 is 0 Å². The fraction of sp³-hybridized carbons (Fsp3) is 0.438. The van der Waals surface area contributed by atoms with E-state index >= 15 is 0 Å². The second kappa shape index (κ2) is 5.68. The third-order valence-electron chi connectivity index (χ3n) is 3.78. The highest BCUT2D eigenvalue weighted by atomic mass is 16.2. The molecule has 0 heterocycles. The van der Waals surface area contributed by atoms with Gasteiger partial charge in [0.2, 0.25) is 11.8 Å². The number of nitrogens with one attached hydrogen (secondary N) is 2. The van der Waals surface area contributed by atoms with Crippen LogP contribution in [0.25, 0.3) is 0 Å². The first-order valence-electron chi connectivity index (χ1n) is 7.39. The Hall–Kier alpha value is -2.17. The smallest absolute Gasteiger partial charge is 0.243 e. The Balaban J connectivity index is 1.64. The Kier molecular flexibility index (Phi) is 3.73. The Morgan fingerprint density at radius 1 is 1.10 bits per heavy atom. The summed E-state index contributed by atoms with van der Waals surface area (Å²) in [6.07, 6.45) is 3.89. The van der Waals surface area contributed by atoms with E-state index in [1.165, 1.54) is 0 Å². The van der Waals surface area contributed by atoms with Crippen LogP contribution in [0.5, 0.6) is 0 Å². The molecule has 0 atom stereocenters. The first kappa shape index (κ1) is 13.8. The molecule has 2 amide bonds. The van der Waals surface area contributed by atoms with E-state index in [0.29, 0.717) is 0 Å². The standard InChI is InChI=1S/C16H19N3O2/c1-10(18-19-16(21)12-7-8-12)13-3-2-4-14(9-13)17-15(20)11-5-6-11/h2-4,9,11-12H,5-8H2,1H3,(H,17,20)(H,19,21). The molecule has 1 aromatic carbocycles. The Labute approximate surface area is 123 Å². The number of hydrogen-bond donors (Lipinski definition) is 2. The molecule has 5 heteroatoms. The van der Waals surface area contributed by atoms with Crippen molar-refractivity contribution in [3.05, 3.63) is 29.8 Å². The number of carbonyl (C=O) groups is 2. The van der Waals surface area contributed by atoms with Crippen molar-refractivity contribution >= 4 is 23.2 Å². The molecular formula is C16H19N3O2. The van der Waals surface area contributed by atoms with Crippen molar-refractivity contribution in [3.8, 4) is 0 Å². The van der Waals surface area contributed by atoms with E-state index in [2.05, 4.69) is 15.8 Å². The number of hydrogen-bond acceptors (Lipinski definition) is 3. The van der Waals surface area contributed by atoms with E-state index in [1.807, 2.05) is 31.2 Å². The zero-order valence-corrected chi connectivity index (χ0v) is 12.1. The molecule has 2 aliphatic rings. The van der Waals surface area contributed by atoms with Crippen molar-refractivity contribution in [1.29, 1.82) is 0 Å². The number of anilines is 1. The predicted molar refractivity (Wildman–Crippen MR) is 80.9 cm³/mol. The second-order valence-electron chi connectivity index (χ2n) is 5.79. The van der Waals surface area contributed by atoms with Crippen LogP contribution in [0.3, 0.4) is 0 Å². The van der Waals surface area contributed by atoms with E-state index < -0.39 is 0 Å². The van der Waals surface area contributed by atoms with Gasteiger partial charge in [-0.15, -0.1) is 0 Å². The molecular weight excluding hydrogens is 266 g/mol. The van der Waals surface area contributed by atoms with E-state index in [-0.39, 0.29) is 23.7 Å².